The molecular weight excluding hydrogens is 262 g/mol. The van der Waals surface area contributed by atoms with Gasteiger partial charge in [-0.15, -0.1) is 11.6 Å². The Bertz CT molecular complexity index is 347. The molecule has 19 heavy (non-hydrogen) atoms. The van der Waals surface area contributed by atoms with Crippen LogP contribution in [0.3, 0.4) is 0 Å². The predicted molar refractivity (Wildman–Crippen MR) is 77.6 cm³/mol. The first-order valence-electron chi connectivity index (χ1n) is 6.90. The van der Waals surface area contributed by atoms with Crippen molar-refractivity contribution in [3.05, 3.63) is 35.9 Å². The Labute approximate surface area is 120 Å². The lowest BCUT2D eigenvalue weighted by atomic mass is 10.2. The highest BCUT2D eigenvalue weighted by Crippen LogP contribution is 2.08. The number of ether oxygens (including phenoxy) is 2. The van der Waals surface area contributed by atoms with Gasteiger partial charge in [-0.1, -0.05) is 30.3 Å². The van der Waals surface area contributed by atoms with E-state index in [2.05, 4.69) is 17.0 Å². The quantitative estimate of drug-likeness (QED) is 0.718. The number of halogens is 1. The SMILES string of the molecule is ClCCCN1CCOC(COCc2ccccc2)C1. The molecule has 0 aromatic heterocycles. The zero-order valence-electron chi connectivity index (χ0n) is 11.3. The molecule has 1 aromatic rings. The predicted octanol–water partition coefficient (Wildman–Crippen LogP) is 2.53. The molecule has 1 heterocycles. The fourth-order valence-electron chi connectivity index (χ4n) is 2.25. The van der Waals surface area contributed by atoms with Crippen LogP contribution in [-0.2, 0) is 16.1 Å². The van der Waals surface area contributed by atoms with Gasteiger partial charge in [0.1, 0.15) is 0 Å². The van der Waals surface area contributed by atoms with Crippen LogP contribution in [0.25, 0.3) is 0 Å². The summed E-state index contributed by atoms with van der Waals surface area (Å²) >= 11 is 5.73. The first-order chi connectivity index (χ1) is 9.38. The lowest BCUT2D eigenvalue weighted by molar-refractivity contribution is -0.0719. The molecule has 1 fully saturated rings. The Morgan fingerprint density at radius 1 is 1.32 bits per heavy atom. The largest absolute Gasteiger partial charge is 0.374 e. The lowest BCUT2D eigenvalue weighted by Gasteiger charge is -2.32. The van der Waals surface area contributed by atoms with Crippen LogP contribution in [0.15, 0.2) is 30.3 Å². The second-order valence-corrected chi connectivity index (χ2v) is 5.21. The van der Waals surface area contributed by atoms with Crippen LogP contribution < -0.4 is 0 Å². The highest BCUT2D eigenvalue weighted by Gasteiger charge is 2.19. The molecule has 0 radical (unpaired) electrons. The van der Waals surface area contributed by atoms with E-state index in [-0.39, 0.29) is 6.10 Å². The minimum absolute atomic E-state index is 0.188. The molecule has 0 saturated carbocycles. The fourth-order valence-corrected chi connectivity index (χ4v) is 2.37. The summed E-state index contributed by atoms with van der Waals surface area (Å²) in [4.78, 5) is 2.41. The normalized spacial score (nSPS) is 20.6. The van der Waals surface area contributed by atoms with Gasteiger partial charge in [0.05, 0.1) is 25.9 Å². The van der Waals surface area contributed by atoms with E-state index < -0.39 is 0 Å². The molecule has 1 aromatic carbocycles. The van der Waals surface area contributed by atoms with Crippen LogP contribution in [0, 0.1) is 0 Å². The van der Waals surface area contributed by atoms with Crippen molar-refractivity contribution in [2.45, 2.75) is 19.1 Å². The summed E-state index contributed by atoms with van der Waals surface area (Å²) in [7, 11) is 0. The Morgan fingerprint density at radius 3 is 2.95 bits per heavy atom. The zero-order valence-corrected chi connectivity index (χ0v) is 12.0. The maximum atomic E-state index is 5.73. The molecule has 0 spiro atoms. The summed E-state index contributed by atoms with van der Waals surface area (Å²) in [6.07, 6.45) is 1.23. The van der Waals surface area contributed by atoms with Gasteiger partial charge in [0.2, 0.25) is 0 Å². The van der Waals surface area contributed by atoms with Crippen LogP contribution in [0.5, 0.6) is 0 Å². The van der Waals surface area contributed by atoms with Crippen molar-refractivity contribution >= 4 is 11.6 Å². The molecule has 106 valence electrons. The molecule has 2 rings (SSSR count). The van der Waals surface area contributed by atoms with Gasteiger partial charge in [0.15, 0.2) is 0 Å². The molecule has 0 amide bonds. The molecule has 1 saturated heterocycles. The van der Waals surface area contributed by atoms with Gasteiger partial charge in [-0.3, -0.25) is 4.90 Å². The Kier molecular flexibility index (Phi) is 6.65. The minimum atomic E-state index is 0.188. The number of alkyl halides is 1. The van der Waals surface area contributed by atoms with Crippen molar-refractivity contribution in [1.29, 1.82) is 0 Å². The van der Waals surface area contributed by atoms with Crippen molar-refractivity contribution in [1.82, 2.24) is 4.90 Å². The summed E-state index contributed by atoms with van der Waals surface area (Å²) in [5, 5.41) is 0. The molecule has 1 atom stereocenters. The van der Waals surface area contributed by atoms with E-state index >= 15 is 0 Å². The van der Waals surface area contributed by atoms with Crippen LogP contribution in [-0.4, -0.2) is 49.7 Å². The third-order valence-electron chi connectivity index (χ3n) is 3.25. The molecule has 1 aliphatic rings. The molecule has 4 heteroatoms. The zero-order chi connectivity index (χ0) is 13.3. The van der Waals surface area contributed by atoms with Gasteiger partial charge in [-0.05, 0) is 18.5 Å². The molecule has 1 aliphatic heterocycles. The van der Waals surface area contributed by atoms with Crippen LogP contribution >= 0.6 is 11.6 Å². The van der Waals surface area contributed by atoms with Crippen molar-refractivity contribution in [2.75, 3.05) is 38.7 Å². The van der Waals surface area contributed by atoms with Crippen LogP contribution in [0.2, 0.25) is 0 Å². The summed E-state index contributed by atoms with van der Waals surface area (Å²) in [5.74, 6) is 0.729. The molecule has 3 nitrogen and oxygen atoms in total. The number of nitrogens with zero attached hydrogens (tertiary/aromatic N) is 1. The number of hydrogen-bond acceptors (Lipinski definition) is 3. The molecule has 0 N–H and O–H groups in total. The van der Waals surface area contributed by atoms with E-state index in [0.717, 1.165) is 38.5 Å². The number of hydrogen-bond donors (Lipinski definition) is 0. The first-order valence-corrected chi connectivity index (χ1v) is 7.43. The topological polar surface area (TPSA) is 21.7 Å². The van der Waals surface area contributed by atoms with Gasteiger partial charge in [0.25, 0.3) is 0 Å². The second kappa shape index (κ2) is 8.54. The lowest BCUT2D eigenvalue weighted by Crippen LogP contribution is -2.44. The van der Waals surface area contributed by atoms with E-state index in [1.165, 1.54) is 5.56 Å². The Morgan fingerprint density at radius 2 is 2.16 bits per heavy atom. The summed E-state index contributed by atoms with van der Waals surface area (Å²) in [6.45, 7) is 5.12. The summed E-state index contributed by atoms with van der Waals surface area (Å²) in [6, 6.07) is 10.2. The van der Waals surface area contributed by atoms with Gasteiger partial charge < -0.3 is 9.47 Å². The van der Waals surface area contributed by atoms with E-state index in [9.17, 15) is 0 Å². The van der Waals surface area contributed by atoms with Crippen molar-refractivity contribution < 1.29 is 9.47 Å². The highest BCUT2D eigenvalue weighted by atomic mass is 35.5. The van der Waals surface area contributed by atoms with Gasteiger partial charge in [-0.25, -0.2) is 0 Å². The first kappa shape index (κ1) is 14.8. The Balaban J connectivity index is 1.65. The minimum Gasteiger partial charge on any atom is -0.374 e. The van der Waals surface area contributed by atoms with Crippen LogP contribution in [0.4, 0.5) is 0 Å². The van der Waals surface area contributed by atoms with E-state index in [0.29, 0.717) is 13.2 Å². The molecule has 1 unspecified atom stereocenters. The van der Waals surface area contributed by atoms with Gasteiger partial charge in [0, 0.05) is 19.0 Å². The molecule has 0 bridgehead atoms. The summed E-state index contributed by atoms with van der Waals surface area (Å²) in [5.41, 5.74) is 1.21. The van der Waals surface area contributed by atoms with E-state index in [1.54, 1.807) is 0 Å². The fraction of sp³-hybridized carbons (Fsp3) is 0.600. The maximum absolute atomic E-state index is 5.73. The Hall–Kier alpha value is -0.610. The number of morpholine rings is 1. The molecular formula is C15H22ClNO2. The number of benzene rings is 1. The van der Waals surface area contributed by atoms with Crippen LogP contribution in [0.1, 0.15) is 12.0 Å². The van der Waals surface area contributed by atoms with Gasteiger partial charge in [-0.2, -0.15) is 0 Å². The molecule has 0 aliphatic carbocycles. The van der Waals surface area contributed by atoms with E-state index in [4.69, 9.17) is 21.1 Å². The smallest absolute Gasteiger partial charge is 0.0935 e. The third-order valence-corrected chi connectivity index (χ3v) is 3.51. The van der Waals surface area contributed by atoms with Gasteiger partial charge >= 0.3 is 0 Å². The van der Waals surface area contributed by atoms with Crippen molar-refractivity contribution in [2.24, 2.45) is 0 Å². The summed E-state index contributed by atoms with van der Waals surface area (Å²) < 4.78 is 11.5. The average Bonchev–Trinajstić information content (AvgIpc) is 2.47. The number of rotatable bonds is 7. The average molecular weight is 284 g/mol. The maximum Gasteiger partial charge on any atom is 0.0935 e. The van der Waals surface area contributed by atoms with E-state index in [1.807, 2.05) is 18.2 Å². The third kappa shape index (κ3) is 5.49. The van der Waals surface area contributed by atoms with Crippen molar-refractivity contribution in [3.63, 3.8) is 0 Å². The van der Waals surface area contributed by atoms with Crippen molar-refractivity contribution in [3.8, 4) is 0 Å². The highest BCUT2D eigenvalue weighted by molar-refractivity contribution is 6.17. The second-order valence-electron chi connectivity index (χ2n) is 4.84. The standard InChI is InChI=1S/C15H22ClNO2/c16-7-4-8-17-9-10-19-15(11-17)13-18-12-14-5-2-1-3-6-14/h1-3,5-6,15H,4,7-13H2. The monoisotopic (exact) mass is 283 g/mol.